The van der Waals surface area contributed by atoms with Crippen LogP contribution in [-0.4, -0.2) is 43.9 Å². The largest absolute Gasteiger partial charge is 2.00 e. The third-order valence-corrected chi connectivity index (χ3v) is 0.771. The zero-order chi connectivity index (χ0) is 5.91. The Morgan fingerprint density at radius 2 is 1.62 bits per heavy atom. The van der Waals surface area contributed by atoms with E-state index in [-0.39, 0.29) is 26.1 Å². The summed E-state index contributed by atoms with van der Waals surface area (Å²) in [4.78, 5) is 0. The maximum atomic E-state index is 8.39. The first-order valence-corrected chi connectivity index (χ1v) is 2.47. The molecular formula is C5H14NOZn+3. The van der Waals surface area contributed by atoms with Crippen LogP contribution in [0.4, 0.5) is 0 Å². The normalized spacial score (nSPS) is 10.5. The van der Waals surface area contributed by atoms with Crippen molar-refractivity contribution in [3.05, 3.63) is 0 Å². The van der Waals surface area contributed by atoms with Gasteiger partial charge in [0.25, 0.3) is 0 Å². The summed E-state index contributed by atoms with van der Waals surface area (Å²) < 4.78 is 0.844. The van der Waals surface area contributed by atoms with Crippen LogP contribution in [-0.2, 0) is 19.5 Å². The van der Waals surface area contributed by atoms with Crippen molar-refractivity contribution < 1.29 is 29.1 Å². The van der Waals surface area contributed by atoms with E-state index in [1.54, 1.807) is 0 Å². The quantitative estimate of drug-likeness (QED) is 0.444. The number of aliphatic hydroxyl groups is 1. The summed E-state index contributed by atoms with van der Waals surface area (Å²) in [6.07, 6.45) is 0. The van der Waals surface area contributed by atoms with E-state index in [9.17, 15) is 0 Å². The van der Waals surface area contributed by atoms with Crippen molar-refractivity contribution >= 4 is 0 Å². The third-order valence-electron chi connectivity index (χ3n) is 0.771. The van der Waals surface area contributed by atoms with E-state index >= 15 is 0 Å². The molecule has 0 rings (SSSR count). The molecule has 0 aliphatic rings. The van der Waals surface area contributed by atoms with Gasteiger partial charge in [-0.15, -0.1) is 0 Å². The molecule has 8 heavy (non-hydrogen) atoms. The average molecular weight is 170 g/mol. The van der Waals surface area contributed by atoms with Crippen molar-refractivity contribution in [3.8, 4) is 0 Å². The van der Waals surface area contributed by atoms with Crippen LogP contribution < -0.4 is 0 Å². The minimum Gasteiger partial charge on any atom is -0.391 e. The van der Waals surface area contributed by atoms with E-state index < -0.39 is 0 Å². The summed E-state index contributed by atoms with van der Waals surface area (Å²) in [5.41, 5.74) is 0. The second kappa shape index (κ2) is 4.42. The summed E-state index contributed by atoms with van der Waals surface area (Å²) in [6, 6.07) is 0. The van der Waals surface area contributed by atoms with Gasteiger partial charge in [-0.25, -0.2) is 0 Å². The van der Waals surface area contributed by atoms with E-state index in [0.29, 0.717) is 0 Å². The van der Waals surface area contributed by atoms with Crippen LogP contribution in [0.15, 0.2) is 0 Å². The number of likely N-dealkylation sites (N-methyl/N-ethyl adjacent to an activating group) is 1. The standard InChI is InChI=1S/C5H14NO.Zn/c1-6(2,3)4-5-7;/h7H,4-5H2,1-3H3;/q+1;+2. The summed E-state index contributed by atoms with van der Waals surface area (Å²) in [5.74, 6) is 0. The molecule has 0 saturated heterocycles. The second-order valence-corrected chi connectivity index (χ2v) is 2.74. The molecule has 0 saturated carbocycles. The van der Waals surface area contributed by atoms with E-state index in [0.717, 1.165) is 11.0 Å². The van der Waals surface area contributed by atoms with E-state index in [1.807, 2.05) is 0 Å². The Bertz CT molecular complexity index is 50.9. The fraction of sp³-hybridized carbons (Fsp3) is 1.00. The second-order valence-electron chi connectivity index (χ2n) is 2.74. The minimum atomic E-state index is 0. The number of rotatable bonds is 2. The predicted octanol–water partition coefficient (Wildman–Crippen LogP) is -0.318. The Morgan fingerprint density at radius 1 is 1.25 bits per heavy atom. The van der Waals surface area contributed by atoms with Crippen molar-refractivity contribution in [3.63, 3.8) is 0 Å². The minimum absolute atomic E-state index is 0. The van der Waals surface area contributed by atoms with Gasteiger partial charge in [0.1, 0.15) is 6.54 Å². The molecule has 0 heterocycles. The van der Waals surface area contributed by atoms with Gasteiger partial charge in [0, 0.05) is 0 Å². The topological polar surface area (TPSA) is 20.2 Å². The molecule has 2 nitrogen and oxygen atoms in total. The van der Waals surface area contributed by atoms with Gasteiger partial charge in [-0.2, -0.15) is 0 Å². The van der Waals surface area contributed by atoms with Crippen molar-refractivity contribution in [2.75, 3.05) is 34.3 Å². The van der Waals surface area contributed by atoms with Crippen LogP contribution in [0.2, 0.25) is 0 Å². The smallest absolute Gasteiger partial charge is 0.391 e. The zero-order valence-corrected chi connectivity index (χ0v) is 8.98. The molecule has 0 radical (unpaired) electrons. The average Bonchev–Trinajstić information content (AvgIpc) is 1.30. The van der Waals surface area contributed by atoms with Gasteiger partial charge >= 0.3 is 19.5 Å². The molecule has 0 bridgehead atoms. The molecular weight excluding hydrogens is 155 g/mol. The molecule has 1 N–H and O–H groups in total. The first kappa shape index (κ1) is 11.4. The third kappa shape index (κ3) is 9.74. The van der Waals surface area contributed by atoms with Crippen molar-refractivity contribution in [1.29, 1.82) is 0 Å². The van der Waals surface area contributed by atoms with Gasteiger partial charge in [-0.3, -0.25) is 0 Å². The van der Waals surface area contributed by atoms with Gasteiger partial charge < -0.3 is 9.59 Å². The monoisotopic (exact) mass is 168 g/mol. The van der Waals surface area contributed by atoms with Gasteiger partial charge in [0.2, 0.25) is 0 Å². The maximum absolute atomic E-state index is 8.39. The molecule has 0 spiro atoms. The first-order valence-electron chi connectivity index (χ1n) is 2.47. The number of hydrogen-bond acceptors (Lipinski definition) is 1. The summed E-state index contributed by atoms with van der Waals surface area (Å²) >= 11 is 0. The molecule has 0 atom stereocenters. The summed E-state index contributed by atoms with van der Waals surface area (Å²) in [6.45, 7) is 1.11. The molecule has 0 aromatic rings. The Labute approximate surface area is 63.8 Å². The number of hydrogen-bond donors (Lipinski definition) is 1. The summed E-state index contributed by atoms with van der Waals surface area (Å²) in [7, 11) is 6.16. The molecule has 3 heteroatoms. The first-order chi connectivity index (χ1) is 3.06. The molecule has 0 aromatic heterocycles. The Morgan fingerprint density at radius 3 is 1.62 bits per heavy atom. The Kier molecular flexibility index (Phi) is 6.28. The molecule has 44 valence electrons. The molecule has 0 aliphatic heterocycles. The van der Waals surface area contributed by atoms with Gasteiger partial charge in [-0.05, 0) is 0 Å². The number of nitrogens with zero attached hydrogens (tertiary/aromatic N) is 1. The van der Waals surface area contributed by atoms with E-state index in [2.05, 4.69) is 21.1 Å². The van der Waals surface area contributed by atoms with Gasteiger partial charge in [0.15, 0.2) is 0 Å². The van der Waals surface area contributed by atoms with Crippen LogP contribution >= 0.6 is 0 Å². The Hall–Kier alpha value is 0.543. The van der Waals surface area contributed by atoms with Gasteiger partial charge in [-0.1, -0.05) is 0 Å². The van der Waals surface area contributed by atoms with Crippen LogP contribution in [0.1, 0.15) is 0 Å². The fourth-order valence-corrected chi connectivity index (χ4v) is 0.300. The van der Waals surface area contributed by atoms with Crippen LogP contribution in [0, 0.1) is 0 Å². The Balaban J connectivity index is 0. The number of quaternary nitrogens is 1. The molecule has 0 unspecified atom stereocenters. The maximum Gasteiger partial charge on any atom is 2.00 e. The van der Waals surface area contributed by atoms with E-state index in [4.69, 9.17) is 5.11 Å². The summed E-state index contributed by atoms with van der Waals surface area (Å²) in [5, 5.41) is 8.39. The van der Waals surface area contributed by atoms with E-state index in [1.165, 1.54) is 0 Å². The molecule has 0 aliphatic carbocycles. The van der Waals surface area contributed by atoms with Crippen molar-refractivity contribution in [2.45, 2.75) is 0 Å². The van der Waals surface area contributed by atoms with Crippen molar-refractivity contribution in [1.82, 2.24) is 0 Å². The van der Waals surface area contributed by atoms with Crippen LogP contribution in [0.5, 0.6) is 0 Å². The molecule has 0 aromatic carbocycles. The van der Waals surface area contributed by atoms with Crippen LogP contribution in [0.3, 0.4) is 0 Å². The fourth-order valence-electron chi connectivity index (χ4n) is 0.300. The van der Waals surface area contributed by atoms with Crippen LogP contribution in [0.25, 0.3) is 0 Å². The molecule has 0 amide bonds. The number of aliphatic hydroxyl groups excluding tert-OH is 1. The van der Waals surface area contributed by atoms with Crippen molar-refractivity contribution in [2.24, 2.45) is 0 Å². The molecule has 0 fully saturated rings. The zero-order valence-electron chi connectivity index (χ0n) is 6.02. The SMILES string of the molecule is C[N+](C)(C)CCO.[Zn+2]. The van der Waals surface area contributed by atoms with Gasteiger partial charge in [0.05, 0.1) is 27.7 Å². The predicted molar refractivity (Wildman–Crippen MR) is 30.0 cm³/mol.